The van der Waals surface area contributed by atoms with Crippen LogP contribution in [-0.4, -0.2) is 23.2 Å². The normalized spacial score (nSPS) is 17.1. The topological polar surface area (TPSA) is 49.3 Å². The standard InChI is InChI=1S/C17H27NO2/c1-5-13(3)15(14-10-8-7-9-11-14)16(19)18-12-17(4,20)6-2/h7-11,13,15,20H,5-6,12H2,1-4H3,(H,18,19). The minimum Gasteiger partial charge on any atom is -0.388 e. The van der Waals surface area contributed by atoms with Gasteiger partial charge in [0, 0.05) is 6.54 Å². The lowest BCUT2D eigenvalue weighted by molar-refractivity contribution is -0.124. The van der Waals surface area contributed by atoms with Gasteiger partial charge in [-0.25, -0.2) is 0 Å². The summed E-state index contributed by atoms with van der Waals surface area (Å²) >= 11 is 0. The molecule has 0 saturated carbocycles. The van der Waals surface area contributed by atoms with Gasteiger partial charge in [-0.2, -0.15) is 0 Å². The van der Waals surface area contributed by atoms with Gasteiger partial charge in [-0.15, -0.1) is 0 Å². The van der Waals surface area contributed by atoms with E-state index in [4.69, 9.17) is 0 Å². The van der Waals surface area contributed by atoms with E-state index in [1.807, 2.05) is 37.3 Å². The van der Waals surface area contributed by atoms with Crippen molar-refractivity contribution in [2.24, 2.45) is 5.92 Å². The molecular weight excluding hydrogens is 250 g/mol. The number of amides is 1. The number of nitrogens with one attached hydrogen (secondary N) is 1. The summed E-state index contributed by atoms with van der Waals surface area (Å²) in [5.74, 6) is 0.108. The van der Waals surface area contributed by atoms with Crippen molar-refractivity contribution in [2.45, 2.75) is 52.1 Å². The Hall–Kier alpha value is -1.35. The van der Waals surface area contributed by atoms with Crippen molar-refractivity contribution >= 4 is 5.91 Å². The van der Waals surface area contributed by atoms with Crippen molar-refractivity contribution in [1.82, 2.24) is 5.32 Å². The molecule has 1 rings (SSSR count). The number of hydrogen-bond acceptors (Lipinski definition) is 2. The Labute approximate surface area is 122 Å². The maximum Gasteiger partial charge on any atom is 0.227 e. The van der Waals surface area contributed by atoms with E-state index in [0.29, 0.717) is 13.0 Å². The molecule has 0 fully saturated rings. The monoisotopic (exact) mass is 277 g/mol. The Bertz CT molecular complexity index is 414. The Balaban J connectivity index is 2.82. The lowest BCUT2D eigenvalue weighted by atomic mass is 9.84. The van der Waals surface area contributed by atoms with Crippen LogP contribution in [0.1, 0.15) is 52.0 Å². The van der Waals surface area contributed by atoms with Crippen LogP contribution in [0.15, 0.2) is 30.3 Å². The first-order chi connectivity index (χ1) is 9.41. The highest BCUT2D eigenvalue weighted by Gasteiger charge is 2.27. The molecule has 1 amide bonds. The molecule has 1 aromatic rings. The van der Waals surface area contributed by atoms with Gasteiger partial charge in [-0.05, 0) is 24.8 Å². The molecule has 0 aliphatic rings. The maximum atomic E-state index is 12.5. The van der Waals surface area contributed by atoms with E-state index in [0.717, 1.165) is 12.0 Å². The number of carbonyl (C=O) groups is 1. The molecule has 0 heterocycles. The van der Waals surface area contributed by atoms with E-state index in [9.17, 15) is 9.90 Å². The van der Waals surface area contributed by atoms with Crippen LogP contribution in [0.2, 0.25) is 0 Å². The SMILES string of the molecule is CCC(C)C(C(=O)NCC(C)(O)CC)c1ccccc1. The molecule has 0 aliphatic carbocycles. The second kappa shape index (κ2) is 7.44. The van der Waals surface area contributed by atoms with Crippen molar-refractivity contribution in [3.63, 3.8) is 0 Å². The smallest absolute Gasteiger partial charge is 0.227 e. The number of hydrogen-bond donors (Lipinski definition) is 2. The van der Waals surface area contributed by atoms with Gasteiger partial charge in [-0.1, -0.05) is 57.5 Å². The fourth-order valence-electron chi connectivity index (χ4n) is 2.15. The van der Waals surface area contributed by atoms with Crippen molar-refractivity contribution in [2.75, 3.05) is 6.54 Å². The minimum absolute atomic E-state index is 0.000671. The Morgan fingerprint density at radius 3 is 2.40 bits per heavy atom. The average molecular weight is 277 g/mol. The first-order valence-corrected chi connectivity index (χ1v) is 7.46. The Kier molecular flexibility index (Phi) is 6.21. The molecule has 0 radical (unpaired) electrons. The summed E-state index contributed by atoms with van der Waals surface area (Å²) in [7, 11) is 0. The van der Waals surface area contributed by atoms with Gasteiger partial charge in [0.25, 0.3) is 0 Å². The lowest BCUT2D eigenvalue weighted by Crippen LogP contribution is -2.42. The van der Waals surface area contributed by atoms with E-state index in [-0.39, 0.29) is 17.7 Å². The van der Waals surface area contributed by atoms with Crippen LogP contribution in [0.3, 0.4) is 0 Å². The van der Waals surface area contributed by atoms with Crippen molar-refractivity contribution in [3.05, 3.63) is 35.9 Å². The van der Waals surface area contributed by atoms with Crippen LogP contribution in [-0.2, 0) is 4.79 Å². The van der Waals surface area contributed by atoms with Crippen LogP contribution in [0.4, 0.5) is 0 Å². The third-order valence-corrected chi connectivity index (χ3v) is 4.06. The first kappa shape index (κ1) is 16.7. The highest BCUT2D eigenvalue weighted by Crippen LogP contribution is 2.27. The van der Waals surface area contributed by atoms with Gasteiger partial charge in [0.05, 0.1) is 11.5 Å². The second-order valence-electron chi connectivity index (χ2n) is 5.84. The summed E-state index contributed by atoms with van der Waals surface area (Å²) in [6.07, 6.45) is 1.56. The summed E-state index contributed by atoms with van der Waals surface area (Å²) in [6, 6.07) is 9.86. The summed E-state index contributed by atoms with van der Waals surface area (Å²) < 4.78 is 0. The van der Waals surface area contributed by atoms with E-state index in [1.165, 1.54) is 0 Å². The molecule has 3 heteroatoms. The lowest BCUT2D eigenvalue weighted by Gasteiger charge is -2.26. The summed E-state index contributed by atoms with van der Waals surface area (Å²) in [5.41, 5.74) is 0.197. The number of benzene rings is 1. The first-order valence-electron chi connectivity index (χ1n) is 7.46. The molecule has 0 bridgehead atoms. The third-order valence-electron chi connectivity index (χ3n) is 4.06. The minimum atomic E-state index is -0.841. The predicted octanol–water partition coefficient (Wildman–Crippen LogP) is 3.09. The number of carbonyl (C=O) groups excluding carboxylic acids is 1. The summed E-state index contributed by atoms with van der Waals surface area (Å²) in [6.45, 7) is 8.14. The van der Waals surface area contributed by atoms with E-state index in [2.05, 4.69) is 19.2 Å². The average Bonchev–Trinajstić information content (AvgIpc) is 2.46. The van der Waals surface area contributed by atoms with Crippen LogP contribution in [0.5, 0.6) is 0 Å². The molecular formula is C17H27NO2. The molecule has 20 heavy (non-hydrogen) atoms. The molecule has 0 aromatic heterocycles. The van der Waals surface area contributed by atoms with E-state index >= 15 is 0 Å². The summed E-state index contributed by atoms with van der Waals surface area (Å²) in [4.78, 5) is 12.5. The maximum absolute atomic E-state index is 12.5. The molecule has 3 atom stereocenters. The Morgan fingerprint density at radius 1 is 1.30 bits per heavy atom. The molecule has 0 spiro atoms. The van der Waals surface area contributed by atoms with E-state index in [1.54, 1.807) is 6.92 Å². The Morgan fingerprint density at radius 2 is 1.90 bits per heavy atom. The quantitative estimate of drug-likeness (QED) is 0.804. The largest absolute Gasteiger partial charge is 0.388 e. The third kappa shape index (κ3) is 4.64. The zero-order chi connectivity index (χ0) is 15.2. The highest BCUT2D eigenvalue weighted by atomic mass is 16.3. The highest BCUT2D eigenvalue weighted by molar-refractivity contribution is 5.84. The van der Waals surface area contributed by atoms with Crippen molar-refractivity contribution in [3.8, 4) is 0 Å². The van der Waals surface area contributed by atoms with Crippen molar-refractivity contribution < 1.29 is 9.90 Å². The van der Waals surface area contributed by atoms with E-state index < -0.39 is 5.60 Å². The van der Waals surface area contributed by atoms with Gasteiger partial charge in [0.1, 0.15) is 0 Å². The predicted molar refractivity (Wildman–Crippen MR) is 82.6 cm³/mol. The van der Waals surface area contributed by atoms with Gasteiger partial charge < -0.3 is 10.4 Å². The fourth-order valence-corrected chi connectivity index (χ4v) is 2.15. The molecule has 0 aliphatic heterocycles. The zero-order valence-electron chi connectivity index (χ0n) is 13.0. The van der Waals surface area contributed by atoms with Gasteiger partial charge >= 0.3 is 0 Å². The van der Waals surface area contributed by atoms with Crippen LogP contribution in [0.25, 0.3) is 0 Å². The fraction of sp³-hybridized carbons (Fsp3) is 0.588. The van der Waals surface area contributed by atoms with Crippen LogP contribution < -0.4 is 5.32 Å². The number of aliphatic hydroxyl groups is 1. The second-order valence-corrected chi connectivity index (χ2v) is 5.84. The molecule has 3 nitrogen and oxygen atoms in total. The summed E-state index contributed by atoms with van der Waals surface area (Å²) in [5, 5.41) is 12.9. The van der Waals surface area contributed by atoms with Crippen LogP contribution >= 0.6 is 0 Å². The van der Waals surface area contributed by atoms with Gasteiger partial charge in [0.15, 0.2) is 0 Å². The molecule has 112 valence electrons. The molecule has 3 unspecified atom stereocenters. The van der Waals surface area contributed by atoms with Gasteiger partial charge in [0.2, 0.25) is 5.91 Å². The van der Waals surface area contributed by atoms with Crippen LogP contribution in [0, 0.1) is 5.92 Å². The molecule has 2 N–H and O–H groups in total. The zero-order valence-corrected chi connectivity index (χ0v) is 13.0. The van der Waals surface area contributed by atoms with Gasteiger partial charge in [-0.3, -0.25) is 4.79 Å². The number of rotatable bonds is 7. The van der Waals surface area contributed by atoms with Crippen molar-refractivity contribution in [1.29, 1.82) is 0 Å². The molecule has 0 saturated heterocycles. The molecule has 1 aromatic carbocycles.